The lowest BCUT2D eigenvalue weighted by molar-refractivity contribution is -0.146. The summed E-state index contributed by atoms with van der Waals surface area (Å²) < 4.78 is 0. The average molecular weight is 282 g/mol. The largest absolute Gasteiger partial charge is 0.331 e. The zero-order valence-corrected chi connectivity index (χ0v) is 11.6. The first-order valence-corrected chi connectivity index (χ1v) is 8.09. The van der Waals surface area contributed by atoms with Gasteiger partial charge in [-0.3, -0.25) is 19.8 Å². The molecule has 1 saturated carbocycles. The highest BCUT2D eigenvalue weighted by Gasteiger charge is 2.47. The molecule has 6 heteroatoms. The van der Waals surface area contributed by atoms with Crippen LogP contribution in [-0.2, 0) is 9.59 Å². The fraction of sp³-hybridized carbons (Fsp3) is 0.769. The number of thioether (sulfide) groups is 1. The van der Waals surface area contributed by atoms with Crippen LogP contribution in [0, 0.1) is 11.8 Å². The molecule has 4 amide bonds. The van der Waals surface area contributed by atoms with Crippen LogP contribution in [0.15, 0.2) is 0 Å². The van der Waals surface area contributed by atoms with E-state index in [-0.39, 0.29) is 23.8 Å². The summed E-state index contributed by atoms with van der Waals surface area (Å²) in [6, 6.07) is -0.550. The average Bonchev–Trinajstić information content (AvgIpc) is 3.00. The summed E-state index contributed by atoms with van der Waals surface area (Å²) in [6.07, 6.45) is 4.84. The van der Waals surface area contributed by atoms with Crippen molar-refractivity contribution in [2.45, 2.75) is 38.1 Å². The van der Waals surface area contributed by atoms with Crippen molar-refractivity contribution >= 4 is 29.6 Å². The van der Waals surface area contributed by atoms with Crippen molar-refractivity contribution in [1.82, 2.24) is 10.2 Å². The summed E-state index contributed by atoms with van der Waals surface area (Å²) in [7, 11) is 0. The number of nitrogens with zero attached hydrogens (tertiary/aromatic N) is 1. The number of urea groups is 1. The van der Waals surface area contributed by atoms with Gasteiger partial charge in [0.25, 0.3) is 0 Å². The van der Waals surface area contributed by atoms with E-state index in [9.17, 15) is 14.4 Å². The summed E-state index contributed by atoms with van der Waals surface area (Å²) in [5, 5.41) is 2.38. The topological polar surface area (TPSA) is 66.5 Å². The van der Waals surface area contributed by atoms with Gasteiger partial charge in [-0.1, -0.05) is 12.8 Å². The third-order valence-electron chi connectivity index (χ3n) is 4.38. The minimum Gasteiger partial charge on any atom is -0.277 e. The van der Waals surface area contributed by atoms with E-state index in [1.54, 1.807) is 11.8 Å². The molecule has 0 aromatic carbocycles. The molecule has 5 nitrogen and oxygen atoms in total. The Hall–Kier alpha value is -1.04. The number of carbonyl (C=O) groups excluding carboxylic acids is 3. The summed E-state index contributed by atoms with van der Waals surface area (Å²) in [4.78, 5) is 37.8. The minimum atomic E-state index is -0.634. The van der Waals surface area contributed by atoms with Crippen molar-refractivity contribution < 1.29 is 14.4 Å². The van der Waals surface area contributed by atoms with Crippen LogP contribution in [0.5, 0.6) is 0 Å². The molecule has 2 unspecified atom stereocenters. The van der Waals surface area contributed by atoms with E-state index in [0.717, 1.165) is 43.6 Å². The highest BCUT2D eigenvalue weighted by atomic mass is 32.2. The molecule has 2 atom stereocenters. The van der Waals surface area contributed by atoms with Crippen LogP contribution in [0.3, 0.4) is 0 Å². The Morgan fingerprint density at radius 2 is 1.84 bits per heavy atom. The lowest BCUT2D eigenvalue weighted by Gasteiger charge is -2.35. The summed E-state index contributed by atoms with van der Waals surface area (Å²) >= 11 is 1.76. The number of imide groups is 2. The van der Waals surface area contributed by atoms with E-state index in [1.165, 1.54) is 4.90 Å². The molecule has 3 aliphatic rings. The molecule has 104 valence electrons. The number of hydrogen-bond acceptors (Lipinski definition) is 4. The van der Waals surface area contributed by atoms with Crippen molar-refractivity contribution in [3.8, 4) is 0 Å². The number of hydrogen-bond donors (Lipinski definition) is 1. The highest BCUT2D eigenvalue weighted by molar-refractivity contribution is 7.99. The number of carbonyl (C=O) groups is 3. The van der Waals surface area contributed by atoms with Gasteiger partial charge in [-0.2, -0.15) is 11.8 Å². The molecule has 0 aromatic heterocycles. The number of rotatable bonds is 2. The number of amides is 4. The fourth-order valence-corrected chi connectivity index (χ4v) is 4.58. The predicted octanol–water partition coefficient (Wildman–Crippen LogP) is 1.38. The van der Waals surface area contributed by atoms with Crippen LogP contribution in [-0.4, -0.2) is 40.3 Å². The normalized spacial score (nSPS) is 33.1. The van der Waals surface area contributed by atoms with E-state index in [1.807, 2.05) is 0 Å². The Morgan fingerprint density at radius 3 is 2.47 bits per heavy atom. The molecule has 2 heterocycles. The number of nitrogens with one attached hydrogen (secondary N) is 1. The van der Waals surface area contributed by atoms with Gasteiger partial charge < -0.3 is 0 Å². The Bertz CT molecular complexity index is 378. The monoisotopic (exact) mass is 282 g/mol. The second-order valence-electron chi connectivity index (χ2n) is 5.54. The number of barbiturate groups is 1. The third kappa shape index (κ3) is 2.26. The van der Waals surface area contributed by atoms with Crippen LogP contribution in [0.25, 0.3) is 0 Å². The van der Waals surface area contributed by atoms with Gasteiger partial charge >= 0.3 is 6.03 Å². The van der Waals surface area contributed by atoms with Gasteiger partial charge in [0.05, 0.1) is 6.04 Å². The predicted molar refractivity (Wildman–Crippen MR) is 71.6 cm³/mol. The van der Waals surface area contributed by atoms with Crippen molar-refractivity contribution in [1.29, 1.82) is 0 Å². The van der Waals surface area contributed by atoms with E-state index in [2.05, 4.69) is 5.32 Å². The van der Waals surface area contributed by atoms with Crippen LogP contribution >= 0.6 is 11.8 Å². The van der Waals surface area contributed by atoms with Crippen LogP contribution < -0.4 is 5.32 Å². The van der Waals surface area contributed by atoms with Crippen molar-refractivity contribution in [3.63, 3.8) is 0 Å². The van der Waals surface area contributed by atoms with Crippen molar-refractivity contribution in [2.75, 3.05) is 11.5 Å². The maximum Gasteiger partial charge on any atom is 0.331 e. The van der Waals surface area contributed by atoms with Crippen molar-refractivity contribution in [3.05, 3.63) is 0 Å². The zero-order chi connectivity index (χ0) is 13.4. The molecule has 1 aliphatic carbocycles. The van der Waals surface area contributed by atoms with E-state index in [4.69, 9.17) is 0 Å². The van der Waals surface area contributed by atoms with Gasteiger partial charge in [0.2, 0.25) is 11.8 Å². The molecule has 1 N–H and O–H groups in total. The Balaban J connectivity index is 1.82. The van der Waals surface area contributed by atoms with Gasteiger partial charge in [0.15, 0.2) is 0 Å². The van der Waals surface area contributed by atoms with Crippen molar-refractivity contribution in [2.24, 2.45) is 11.8 Å². The van der Waals surface area contributed by atoms with E-state index >= 15 is 0 Å². The van der Waals surface area contributed by atoms with Gasteiger partial charge in [0, 0.05) is 5.75 Å². The lowest BCUT2D eigenvalue weighted by atomic mass is 9.87. The second-order valence-corrected chi connectivity index (χ2v) is 6.69. The van der Waals surface area contributed by atoms with Gasteiger partial charge in [-0.15, -0.1) is 0 Å². The van der Waals surface area contributed by atoms with Gasteiger partial charge in [-0.25, -0.2) is 4.79 Å². The standard InChI is InChI=1S/C13H18N2O3S/c16-11-10(8-3-1-2-4-8)12(17)15(13(18)14-11)9-5-6-19-7-9/h8-10H,1-7H2,(H,14,16,18). The molecule has 0 spiro atoms. The summed E-state index contributed by atoms with van der Waals surface area (Å²) in [6.45, 7) is 0. The Morgan fingerprint density at radius 1 is 1.11 bits per heavy atom. The minimum absolute atomic E-state index is 0.0329. The molecular formula is C13H18N2O3S. The second kappa shape index (κ2) is 5.15. The third-order valence-corrected chi connectivity index (χ3v) is 5.52. The quantitative estimate of drug-likeness (QED) is 0.777. The smallest absolute Gasteiger partial charge is 0.277 e. The summed E-state index contributed by atoms with van der Waals surface area (Å²) in [5.41, 5.74) is 0. The van der Waals surface area contributed by atoms with E-state index in [0.29, 0.717) is 0 Å². The summed E-state index contributed by atoms with van der Waals surface area (Å²) in [5.74, 6) is 0.619. The lowest BCUT2D eigenvalue weighted by Crippen LogP contribution is -2.62. The SMILES string of the molecule is O=C1NC(=O)N(C2CCSC2)C(=O)C1C1CCCC1. The van der Waals surface area contributed by atoms with Crippen LogP contribution in [0.4, 0.5) is 4.79 Å². The highest BCUT2D eigenvalue weighted by Crippen LogP contribution is 2.35. The first-order valence-electron chi connectivity index (χ1n) is 6.94. The molecule has 0 radical (unpaired) electrons. The van der Waals surface area contributed by atoms with Gasteiger partial charge in [-0.05, 0) is 30.9 Å². The maximum absolute atomic E-state index is 12.6. The Kier molecular flexibility index (Phi) is 3.52. The molecule has 3 rings (SSSR count). The molecule has 0 aromatic rings. The zero-order valence-electron chi connectivity index (χ0n) is 10.8. The Labute approximate surface area is 116 Å². The van der Waals surface area contributed by atoms with Crippen LogP contribution in [0.1, 0.15) is 32.1 Å². The van der Waals surface area contributed by atoms with E-state index < -0.39 is 11.9 Å². The van der Waals surface area contributed by atoms with Gasteiger partial charge in [0.1, 0.15) is 5.92 Å². The molecule has 0 bridgehead atoms. The fourth-order valence-electron chi connectivity index (χ4n) is 3.38. The molecular weight excluding hydrogens is 264 g/mol. The first kappa shape index (κ1) is 13.0. The maximum atomic E-state index is 12.6. The molecule has 2 saturated heterocycles. The van der Waals surface area contributed by atoms with Crippen LogP contribution in [0.2, 0.25) is 0 Å². The molecule has 3 fully saturated rings. The first-order chi connectivity index (χ1) is 9.18. The molecule has 19 heavy (non-hydrogen) atoms. The molecule has 2 aliphatic heterocycles.